The van der Waals surface area contributed by atoms with E-state index in [0.29, 0.717) is 17.7 Å². The molecule has 2 saturated heterocycles. The number of hydrogen-bond acceptors (Lipinski definition) is 12. The van der Waals surface area contributed by atoms with Crippen molar-refractivity contribution in [2.24, 2.45) is 11.7 Å². The van der Waals surface area contributed by atoms with Gasteiger partial charge >= 0.3 is 12.1 Å². The highest BCUT2D eigenvalue weighted by Crippen LogP contribution is 2.37. The summed E-state index contributed by atoms with van der Waals surface area (Å²) >= 11 is 4.55. The molecular weight excluding hydrogens is 588 g/mol. The minimum Gasteiger partial charge on any atom is -0.459 e. The molecule has 3 atom stereocenters. The van der Waals surface area contributed by atoms with Crippen molar-refractivity contribution in [1.29, 1.82) is 0 Å². The van der Waals surface area contributed by atoms with Crippen molar-refractivity contribution < 1.29 is 38.5 Å². The number of non-ortho nitro benzene ring substituents is 2. The zero-order valence-corrected chi connectivity index (χ0v) is 23.5. The van der Waals surface area contributed by atoms with Crippen LogP contribution in [-0.2, 0) is 37.1 Å². The number of rotatable bonds is 9. The second-order valence-corrected chi connectivity index (χ2v) is 10.8. The number of nitro benzene ring substituents is 2. The molecule has 0 aliphatic carbocycles. The Bertz CT molecular complexity index is 1420. The Labute approximate surface area is 249 Å². The lowest BCUT2D eigenvalue weighted by Gasteiger charge is -2.39. The number of primary amides is 1. The molecule has 0 radical (unpaired) electrons. The van der Waals surface area contributed by atoms with Gasteiger partial charge in [-0.3, -0.25) is 29.8 Å². The number of likely N-dealkylation sites (tertiary alicyclic amines) is 1. The lowest BCUT2D eigenvalue weighted by Crippen LogP contribution is -2.63. The molecule has 2 aromatic carbocycles. The average Bonchev–Trinajstić information content (AvgIpc) is 3.37. The molecule has 2 aromatic rings. The van der Waals surface area contributed by atoms with Crippen molar-refractivity contribution in [3.63, 3.8) is 0 Å². The van der Waals surface area contributed by atoms with Gasteiger partial charge in [-0.25, -0.2) is 9.59 Å². The summed E-state index contributed by atoms with van der Waals surface area (Å²) in [5.74, 6) is -3.52. The number of nitrogens with one attached hydrogen (secondary N) is 1. The van der Waals surface area contributed by atoms with Crippen LogP contribution in [0.1, 0.15) is 11.1 Å². The van der Waals surface area contributed by atoms with Gasteiger partial charge in [-0.1, -0.05) is 0 Å². The van der Waals surface area contributed by atoms with Crippen LogP contribution in [0.5, 0.6) is 0 Å². The van der Waals surface area contributed by atoms with Gasteiger partial charge < -0.3 is 30.3 Å². The number of carbonyl (C=O) groups is 4. The van der Waals surface area contributed by atoms with Gasteiger partial charge in [0.05, 0.1) is 15.8 Å². The van der Waals surface area contributed by atoms with Gasteiger partial charge in [0, 0.05) is 57.0 Å². The molecule has 0 saturated carbocycles. The summed E-state index contributed by atoms with van der Waals surface area (Å²) in [7, 11) is 0. The molecule has 43 heavy (non-hydrogen) atoms. The summed E-state index contributed by atoms with van der Waals surface area (Å²) < 4.78 is 8.92. The fraction of sp³-hybridized carbons (Fsp3) is 0.385. The molecule has 0 bridgehead atoms. The fourth-order valence-corrected chi connectivity index (χ4v) is 5.35. The second-order valence-electron chi connectivity index (χ2n) is 9.99. The molecule has 0 spiro atoms. The van der Waals surface area contributed by atoms with Crippen molar-refractivity contribution in [1.82, 2.24) is 15.1 Å². The van der Waals surface area contributed by atoms with Crippen LogP contribution in [0.2, 0.25) is 0 Å². The number of amides is 3. The molecule has 2 heterocycles. The monoisotopic (exact) mass is 616 g/mol. The number of carbonyl (C=O) groups excluding carboxylic acids is 4. The maximum absolute atomic E-state index is 13.9. The smallest absolute Gasteiger partial charge is 0.410 e. The quantitative estimate of drug-likeness (QED) is 0.155. The van der Waals surface area contributed by atoms with Gasteiger partial charge in [0.1, 0.15) is 24.0 Å². The number of nitrogens with two attached hydrogens (primary N) is 1. The lowest BCUT2D eigenvalue weighted by atomic mass is 9.91. The summed E-state index contributed by atoms with van der Waals surface area (Å²) in [6, 6.07) is 9.75. The van der Waals surface area contributed by atoms with Crippen molar-refractivity contribution in [2.75, 3.05) is 32.7 Å². The molecule has 17 heteroatoms. The number of thiol groups is 1. The SMILES string of the molecule is NC(=O)C1CN(C(=O)OCc2ccc([N+](=O)[O-])cc2)CC1(S)C(=O)N1CCNCC1C(=O)OCc1ccc([N+](=O)[O-])cc1. The Balaban J connectivity index is 1.42. The number of nitrogens with zero attached hydrogens (tertiary/aromatic N) is 4. The van der Waals surface area contributed by atoms with Crippen LogP contribution in [0, 0.1) is 26.1 Å². The number of nitro groups is 2. The number of ether oxygens (including phenoxy) is 2. The number of esters is 1. The number of benzene rings is 2. The number of hydrogen-bond donors (Lipinski definition) is 3. The van der Waals surface area contributed by atoms with Crippen molar-refractivity contribution >= 4 is 47.9 Å². The standard InChI is InChI=1S/C26H28N6O10S/c27-22(33)20-12-29(25(36)42-14-17-3-7-19(8-4-17)32(39)40)15-26(20,43)24(35)30-10-9-28-11-21(30)23(34)41-13-16-1-5-18(6-2-16)31(37)38/h1-8,20-21,28,43H,9-15H2,(H2,27,33). The predicted octanol–water partition coefficient (Wildman–Crippen LogP) is 0.769. The first-order chi connectivity index (χ1) is 20.4. The van der Waals surface area contributed by atoms with E-state index in [1.54, 1.807) is 0 Å². The highest BCUT2D eigenvalue weighted by atomic mass is 32.1. The van der Waals surface area contributed by atoms with Gasteiger partial charge in [-0.15, -0.1) is 0 Å². The van der Waals surface area contributed by atoms with E-state index in [0.717, 1.165) is 4.90 Å². The van der Waals surface area contributed by atoms with Crippen LogP contribution in [0.3, 0.4) is 0 Å². The third kappa shape index (κ3) is 7.00. The van der Waals surface area contributed by atoms with Crippen molar-refractivity contribution in [3.05, 3.63) is 79.9 Å². The van der Waals surface area contributed by atoms with Crippen LogP contribution in [-0.4, -0.2) is 87.0 Å². The molecule has 2 aliphatic rings. The fourth-order valence-electron chi connectivity index (χ4n) is 4.84. The normalized spacial score (nSPS) is 21.6. The van der Waals surface area contributed by atoms with E-state index < -0.39 is 50.4 Å². The Morgan fingerprint density at radius 2 is 1.49 bits per heavy atom. The summed E-state index contributed by atoms with van der Waals surface area (Å²) in [5, 5.41) is 24.7. The first kappa shape index (κ1) is 31.2. The van der Waals surface area contributed by atoms with Crippen molar-refractivity contribution in [2.45, 2.75) is 24.0 Å². The number of piperazine rings is 1. The molecular formula is C26H28N6O10S. The Hall–Kier alpha value is -4.77. The first-order valence-corrected chi connectivity index (χ1v) is 13.4. The molecule has 4 rings (SSSR count). The van der Waals surface area contributed by atoms with E-state index in [2.05, 4.69) is 17.9 Å². The van der Waals surface area contributed by atoms with Crippen LogP contribution in [0.25, 0.3) is 0 Å². The average molecular weight is 617 g/mol. The van der Waals surface area contributed by atoms with Crippen molar-refractivity contribution in [3.8, 4) is 0 Å². The second kappa shape index (κ2) is 13.0. The molecule has 228 valence electrons. The lowest BCUT2D eigenvalue weighted by molar-refractivity contribution is -0.385. The zero-order valence-electron chi connectivity index (χ0n) is 22.6. The van der Waals surface area contributed by atoms with E-state index in [1.165, 1.54) is 53.4 Å². The summed E-state index contributed by atoms with van der Waals surface area (Å²) in [6.07, 6.45) is -0.854. The van der Waals surface area contributed by atoms with E-state index in [1.807, 2.05) is 0 Å². The van der Waals surface area contributed by atoms with Gasteiger partial charge in [-0.05, 0) is 35.4 Å². The Morgan fingerprint density at radius 1 is 0.953 bits per heavy atom. The Morgan fingerprint density at radius 3 is 2.00 bits per heavy atom. The van der Waals surface area contributed by atoms with E-state index in [-0.39, 0.29) is 50.8 Å². The van der Waals surface area contributed by atoms with Gasteiger partial charge in [0.15, 0.2) is 0 Å². The predicted molar refractivity (Wildman–Crippen MR) is 151 cm³/mol. The molecule has 16 nitrogen and oxygen atoms in total. The van der Waals surface area contributed by atoms with Crippen LogP contribution < -0.4 is 11.1 Å². The minimum absolute atomic E-state index is 0.0525. The third-order valence-corrected chi connectivity index (χ3v) is 7.84. The minimum atomic E-state index is -1.77. The highest BCUT2D eigenvalue weighted by molar-refractivity contribution is 7.82. The van der Waals surface area contributed by atoms with E-state index in [9.17, 15) is 39.4 Å². The van der Waals surface area contributed by atoms with Crippen LogP contribution >= 0.6 is 12.6 Å². The largest absolute Gasteiger partial charge is 0.459 e. The molecule has 0 aromatic heterocycles. The first-order valence-electron chi connectivity index (χ1n) is 13.0. The topological polar surface area (TPSA) is 218 Å². The molecule has 3 N–H and O–H groups in total. The maximum Gasteiger partial charge on any atom is 0.410 e. The van der Waals surface area contributed by atoms with Gasteiger partial charge in [-0.2, -0.15) is 12.6 Å². The molecule has 2 aliphatic heterocycles. The van der Waals surface area contributed by atoms with Crippen LogP contribution in [0.15, 0.2) is 48.5 Å². The summed E-state index contributed by atoms with van der Waals surface area (Å²) in [4.78, 5) is 75.1. The maximum atomic E-state index is 13.9. The van der Waals surface area contributed by atoms with Gasteiger partial charge in [0.2, 0.25) is 11.8 Å². The molecule has 3 amide bonds. The molecule has 3 unspecified atom stereocenters. The Kier molecular flexibility index (Phi) is 9.45. The van der Waals surface area contributed by atoms with Gasteiger partial charge in [0.25, 0.3) is 11.4 Å². The van der Waals surface area contributed by atoms with E-state index >= 15 is 0 Å². The summed E-state index contributed by atoms with van der Waals surface area (Å²) in [5.41, 5.74) is 6.34. The third-order valence-electron chi connectivity index (χ3n) is 7.20. The molecule has 2 fully saturated rings. The zero-order chi connectivity index (χ0) is 31.3. The van der Waals surface area contributed by atoms with Crippen LogP contribution in [0.4, 0.5) is 16.2 Å². The highest BCUT2D eigenvalue weighted by Gasteiger charge is 2.56. The summed E-state index contributed by atoms with van der Waals surface area (Å²) in [6.45, 7) is -0.543. The van der Waals surface area contributed by atoms with E-state index in [4.69, 9.17) is 15.2 Å².